The lowest BCUT2D eigenvalue weighted by Gasteiger charge is -2.26. The summed E-state index contributed by atoms with van der Waals surface area (Å²) in [6.07, 6.45) is -2.53. The predicted octanol–water partition coefficient (Wildman–Crippen LogP) is 1.95. The van der Waals surface area contributed by atoms with Crippen molar-refractivity contribution in [1.82, 2.24) is 5.32 Å². The summed E-state index contributed by atoms with van der Waals surface area (Å²) in [6, 6.07) is 0. The summed E-state index contributed by atoms with van der Waals surface area (Å²) in [5.74, 6) is -1.30. The van der Waals surface area contributed by atoms with Crippen LogP contribution in [0.15, 0.2) is 12.7 Å². The molecule has 0 aliphatic carbocycles. The summed E-state index contributed by atoms with van der Waals surface area (Å²) in [4.78, 5) is 10.8. The Kier molecular flexibility index (Phi) is 4.80. The normalized spacial score (nSPS) is 15.7. The third-order valence-corrected chi connectivity index (χ3v) is 2.00. The summed E-state index contributed by atoms with van der Waals surface area (Å²) in [7, 11) is 0. The Morgan fingerprint density at radius 2 is 2.07 bits per heavy atom. The average Bonchev–Trinajstić information content (AvgIpc) is 2.10. The fourth-order valence-corrected chi connectivity index (χ4v) is 0.957. The van der Waals surface area contributed by atoms with E-state index in [1.165, 1.54) is 13.0 Å². The van der Waals surface area contributed by atoms with Crippen LogP contribution in [0, 0.1) is 0 Å². The standard InChI is InChI=1S/C9H14F3NO2/c1-3-4-5-8(2,7(14)15)13-6-9(10,11)12/h3,13H,1,4-6H2,2H3,(H,14,15). The van der Waals surface area contributed by atoms with Crippen molar-refractivity contribution in [1.29, 1.82) is 0 Å². The zero-order valence-electron chi connectivity index (χ0n) is 8.40. The van der Waals surface area contributed by atoms with Crippen LogP contribution in [0.4, 0.5) is 13.2 Å². The molecule has 0 rings (SSSR count). The summed E-state index contributed by atoms with van der Waals surface area (Å²) in [5.41, 5.74) is -1.57. The molecule has 0 aromatic heterocycles. The number of alkyl halides is 3. The van der Waals surface area contributed by atoms with Gasteiger partial charge in [-0.3, -0.25) is 10.1 Å². The molecule has 0 aromatic rings. The van der Waals surface area contributed by atoms with Crippen molar-refractivity contribution in [3.8, 4) is 0 Å². The summed E-state index contributed by atoms with van der Waals surface area (Å²) < 4.78 is 35.7. The van der Waals surface area contributed by atoms with Gasteiger partial charge in [-0.05, 0) is 19.8 Å². The van der Waals surface area contributed by atoms with E-state index in [0.717, 1.165) is 0 Å². The molecule has 0 saturated carbocycles. The van der Waals surface area contributed by atoms with Gasteiger partial charge in [-0.25, -0.2) is 0 Å². The first-order valence-corrected chi connectivity index (χ1v) is 4.37. The third kappa shape index (κ3) is 5.41. The molecular formula is C9H14F3NO2. The maximum absolute atomic E-state index is 11.9. The highest BCUT2D eigenvalue weighted by molar-refractivity contribution is 5.78. The largest absolute Gasteiger partial charge is 0.480 e. The highest BCUT2D eigenvalue weighted by atomic mass is 19.4. The van der Waals surface area contributed by atoms with Crippen LogP contribution in [0.1, 0.15) is 19.8 Å². The van der Waals surface area contributed by atoms with Crippen LogP contribution >= 0.6 is 0 Å². The van der Waals surface area contributed by atoms with E-state index in [0.29, 0.717) is 6.42 Å². The van der Waals surface area contributed by atoms with Crippen molar-refractivity contribution < 1.29 is 23.1 Å². The molecule has 1 atom stereocenters. The number of rotatable bonds is 6. The fraction of sp³-hybridized carbons (Fsp3) is 0.667. The summed E-state index contributed by atoms with van der Waals surface area (Å²) in [5, 5.41) is 10.8. The monoisotopic (exact) mass is 225 g/mol. The number of allylic oxidation sites excluding steroid dienone is 1. The van der Waals surface area contributed by atoms with E-state index in [9.17, 15) is 18.0 Å². The van der Waals surface area contributed by atoms with Crippen molar-refractivity contribution in [2.45, 2.75) is 31.5 Å². The SMILES string of the molecule is C=CCCC(C)(NCC(F)(F)F)C(=O)O. The maximum Gasteiger partial charge on any atom is 0.401 e. The highest BCUT2D eigenvalue weighted by Crippen LogP contribution is 2.18. The quantitative estimate of drug-likeness (QED) is 0.679. The Morgan fingerprint density at radius 1 is 1.53 bits per heavy atom. The lowest BCUT2D eigenvalue weighted by Crippen LogP contribution is -2.52. The van der Waals surface area contributed by atoms with Crippen LogP contribution in [-0.2, 0) is 4.79 Å². The zero-order chi connectivity index (χ0) is 12.1. The molecule has 0 amide bonds. The van der Waals surface area contributed by atoms with Gasteiger partial charge in [0, 0.05) is 0 Å². The van der Waals surface area contributed by atoms with Gasteiger partial charge >= 0.3 is 12.1 Å². The molecule has 0 fully saturated rings. The van der Waals surface area contributed by atoms with Gasteiger partial charge in [0.1, 0.15) is 5.54 Å². The van der Waals surface area contributed by atoms with Gasteiger partial charge < -0.3 is 5.11 Å². The fourth-order valence-electron chi connectivity index (χ4n) is 0.957. The molecule has 88 valence electrons. The molecule has 0 saturated heterocycles. The first-order valence-electron chi connectivity index (χ1n) is 4.37. The number of hydrogen-bond donors (Lipinski definition) is 2. The molecule has 1 unspecified atom stereocenters. The number of hydrogen-bond acceptors (Lipinski definition) is 2. The number of aliphatic carboxylic acids is 1. The maximum atomic E-state index is 11.9. The molecule has 0 spiro atoms. The summed E-state index contributed by atoms with van der Waals surface area (Å²) in [6.45, 7) is 3.30. The molecular weight excluding hydrogens is 211 g/mol. The Balaban J connectivity index is 4.38. The lowest BCUT2D eigenvalue weighted by molar-refractivity contribution is -0.149. The van der Waals surface area contributed by atoms with Crippen LogP contribution in [-0.4, -0.2) is 29.3 Å². The van der Waals surface area contributed by atoms with E-state index in [2.05, 4.69) is 6.58 Å². The van der Waals surface area contributed by atoms with Gasteiger partial charge in [0.2, 0.25) is 0 Å². The second kappa shape index (κ2) is 5.16. The molecule has 2 N–H and O–H groups in total. The number of carboxylic acids is 1. The summed E-state index contributed by atoms with van der Waals surface area (Å²) >= 11 is 0. The predicted molar refractivity (Wildman–Crippen MR) is 49.5 cm³/mol. The molecule has 15 heavy (non-hydrogen) atoms. The van der Waals surface area contributed by atoms with Crippen LogP contribution in [0.25, 0.3) is 0 Å². The second-order valence-electron chi connectivity index (χ2n) is 3.43. The van der Waals surface area contributed by atoms with Gasteiger partial charge in [0.25, 0.3) is 0 Å². The highest BCUT2D eigenvalue weighted by Gasteiger charge is 2.37. The molecule has 0 aliphatic rings. The van der Waals surface area contributed by atoms with Crippen molar-refractivity contribution in [2.75, 3.05) is 6.54 Å². The Morgan fingerprint density at radius 3 is 2.40 bits per heavy atom. The van der Waals surface area contributed by atoms with Crippen LogP contribution in [0.3, 0.4) is 0 Å². The molecule has 0 radical (unpaired) electrons. The first-order chi connectivity index (χ1) is 6.71. The molecule has 0 bridgehead atoms. The third-order valence-electron chi connectivity index (χ3n) is 2.00. The lowest BCUT2D eigenvalue weighted by atomic mass is 9.96. The van der Waals surface area contributed by atoms with Crippen LogP contribution < -0.4 is 5.32 Å². The van der Waals surface area contributed by atoms with Crippen molar-refractivity contribution in [3.63, 3.8) is 0 Å². The molecule has 0 aliphatic heterocycles. The van der Waals surface area contributed by atoms with Gasteiger partial charge in [-0.2, -0.15) is 13.2 Å². The van der Waals surface area contributed by atoms with E-state index in [1.54, 1.807) is 0 Å². The van der Waals surface area contributed by atoms with Crippen molar-refractivity contribution >= 4 is 5.97 Å². The Labute approximate surface area is 86.0 Å². The van der Waals surface area contributed by atoms with Crippen LogP contribution in [0.5, 0.6) is 0 Å². The Hall–Kier alpha value is -1.04. The van der Waals surface area contributed by atoms with Crippen LogP contribution in [0.2, 0.25) is 0 Å². The van der Waals surface area contributed by atoms with E-state index in [1.807, 2.05) is 5.32 Å². The van der Waals surface area contributed by atoms with E-state index >= 15 is 0 Å². The minimum atomic E-state index is -4.41. The Bertz CT molecular complexity index is 240. The number of carbonyl (C=O) groups is 1. The minimum absolute atomic E-state index is 0.0713. The van der Waals surface area contributed by atoms with Gasteiger partial charge in [-0.1, -0.05) is 6.08 Å². The van der Waals surface area contributed by atoms with Gasteiger partial charge in [0.05, 0.1) is 6.54 Å². The second-order valence-corrected chi connectivity index (χ2v) is 3.43. The zero-order valence-corrected chi connectivity index (χ0v) is 8.40. The average molecular weight is 225 g/mol. The van der Waals surface area contributed by atoms with Crippen molar-refractivity contribution in [3.05, 3.63) is 12.7 Å². The smallest absolute Gasteiger partial charge is 0.401 e. The molecule has 0 aromatic carbocycles. The number of carboxylic acid groups (broad SMARTS) is 1. The van der Waals surface area contributed by atoms with Gasteiger partial charge in [-0.15, -0.1) is 6.58 Å². The first kappa shape index (κ1) is 14.0. The van der Waals surface area contributed by atoms with E-state index in [4.69, 9.17) is 5.11 Å². The van der Waals surface area contributed by atoms with Crippen molar-refractivity contribution in [2.24, 2.45) is 0 Å². The number of nitrogens with one attached hydrogen (secondary N) is 1. The van der Waals surface area contributed by atoms with Gasteiger partial charge in [0.15, 0.2) is 0 Å². The molecule has 0 heterocycles. The van der Waals surface area contributed by atoms with E-state index < -0.39 is 24.2 Å². The van der Waals surface area contributed by atoms with E-state index in [-0.39, 0.29) is 6.42 Å². The number of halogens is 3. The minimum Gasteiger partial charge on any atom is -0.480 e. The topological polar surface area (TPSA) is 49.3 Å². The molecule has 6 heteroatoms. The molecule has 3 nitrogen and oxygen atoms in total.